The number of aliphatic hydroxyl groups excluding tert-OH is 1. The lowest BCUT2D eigenvalue weighted by atomic mass is 10.3. The minimum absolute atomic E-state index is 0.101. The Labute approximate surface area is 114 Å². The molecule has 0 radical (unpaired) electrons. The van der Waals surface area contributed by atoms with E-state index in [2.05, 4.69) is 9.71 Å². The van der Waals surface area contributed by atoms with Crippen LogP contribution in [0.5, 0.6) is 0 Å². The third kappa shape index (κ3) is 2.89. The summed E-state index contributed by atoms with van der Waals surface area (Å²) in [4.78, 5) is 2.48. The van der Waals surface area contributed by atoms with Crippen molar-refractivity contribution in [3.8, 4) is 0 Å². The molecule has 2 aromatic rings. The molecule has 3 N–H and O–H groups in total. The summed E-state index contributed by atoms with van der Waals surface area (Å²) in [6, 6.07) is 5.26. The molecule has 0 aliphatic heterocycles. The van der Waals surface area contributed by atoms with Gasteiger partial charge >= 0.3 is 0 Å². The second-order valence-electron chi connectivity index (χ2n) is 3.73. The largest absolute Gasteiger partial charge is 0.390 e. The number of benzene rings is 1. The van der Waals surface area contributed by atoms with Crippen molar-refractivity contribution in [3.05, 3.63) is 47.0 Å². The third-order valence-corrected chi connectivity index (χ3v) is 4.03. The molecule has 0 aliphatic rings. The zero-order chi connectivity index (χ0) is 14.0. The van der Waals surface area contributed by atoms with Crippen LogP contribution < -0.4 is 4.72 Å². The van der Waals surface area contributed by atoms with Crippen molar-refractivity contribution >= 4 is 27.3 Å². The van der Waals surface area contributed by atoms with Gasteiger partial charge in [0.1, 0.15) is 4.90 Å². The highest BCUT2D eigenvalue weighted by Crippen LogP contribution is 2.24. The van der Waals surface area contributed by atoms with Crippen LogP contribution in [0.1, 0.15) is 5.69 Å². The number of aliphatic hydroxyl groups is 1. The van der Waals surface area contributed by atoms with Gasteiger partial charge in [0.25, 0.3) is 10.0 Å². The fraction of sp³-hybridized carbons (Fsp3) is 0.0909. The number of hydrogen-bond donors (Lipinski definition) is 3. The first kappa shape index (κ1) is 13.9. The van der Waals surface area contributed by atoms with Crippen LogP contribution in [0.25, 0.3) is 0 Å². The van der Waals surface area contributed by atoms with E-state index >= 15 is 0 Å². The van der Waals surface area contributed by atoms with Crippen molar-refractivity contribution < 1.29 is 17.9 Å². The van der Waals surface area contributed by atoms with Crippen molar-refractivity contribution in [1.29, 1.82) is 0 Å². The van der Waals surface area contributed by atoms with Crippen molar-refractivity contribution in [3.63, 3.8) is 0 Å². The lowest BCUT2D eigenvalue weighted by molar-refractivity contribution is 0.277. The van der Waals surface area contributed by atoms with E-state index in [-0.39, 0.29) is 22.2 Å². The number of hydrogen-bond acceptors (Lipinski definition) is 3. The highest BCUT2D eigenvalue weighted by Gasteiger charge is 2.18. The second-order valence-corrected chi connectivity index (χ2v) is 5.82. The maximum atomic E-state index is 13.6. The Kier molecular flexibility index (Phi) is 3.79. The Hall–Kier alpha value is -1.57. The van der Waals surface area contributed by atoms with E-state index in [9.17, 15) is 12.8 Å². The molecule has 0 atom stereocenters. The summed E-state index contributed by atoms with van der Waals surface area (Å²) in [5, 5.41) is 8.69. The second kappa shape index (κ2) is 5.20. The molecule has 1 aromatic heterocycles. The number of halogens is 2. The van der Waals surface area contributed by atoms with E-state index in [0.717, 1.165) is 0 Å². The highest BCUT2D eigenvalue weighted by atomic mass is 35.5. The topological polar surface area (TPSA) is 82.2 Å². The number of anilines is 1. The van der Waals surface area contributed by atoms with Gasteiger partial charge in [-0.2, -0.15) is 0 Å². The first-order valence-electron chi connectivity index (χ1n) is 5.19. The summed E-state index contributed by atoms with van der Waals surface area (Å²) < 4.78 is 39.6. The van der Waals surface area contributed by atoms with Crippen LogP contribution in [-0.4, -0.2) is 18.5 Å². The van der Waals surface area contributed by atoms with Gasteiger partial charge in [-0.15, -0.1) is 0 Å². The van der Waals surface area contributed by atoms with E-state index < -0.39 is 15.8 Å². The van der Waals surface area contributed by atoms with E-state index in [4.69, 9.17) is 16.7 Å². The van der Waals surface area contributed by atoms with Crippen molar-refractivity contribution in [2.45, 2.75) is 11.5 Å². The highest BCUT2D eigenvalue weighted by molar-refractivity contribution is 7.92. The molecule has 2 rings (SSSR count). The van der Waals surface area contributed by atoms with Gasteiger partial charge in [0.2, 0.25) is 0 Å². The summed E-state index contributed by atoms with van der Waals surface area (Å²) in [7, 11) is -3.93. The molecule has 19 heavy (non-hydrogen) atoms. The molecule has 102 valence electrons. The van der Waals surface area contributed by atoms with Crippen LogP contribution in [0, 0.1) is 5.82 Å². The molecule has 1 aromatic carbocycles. The monoisotopic (exact) mass is 304 g/mol. The molecule has 0 bridgehead atoms. The van der Waals surface area contributed by atoms with Gasteiger partial charge < -0.3 is 10.1 Å². The van der Waals surface area contributed by atoms with Gasteiger partial charge in [0.05, 0.1) is 17.3 Å². The van der Waals surface area contributed by atoms with Crippen LogP contribution in [0.3, 0.4) is 0 Å². The zero-order valence-electron chi connectivity index (χ0n) is 9.52. The van der Waals surface area contributed by atoms with Gasteiger partial charge in [0.15, 0.2) is 5.82 Å². The minimum Gasteiger partial charge on any atom is -0.390 e. The lowest BCUT2D eigenvalue weighted by Crippen LogP contribution is -2.13. The smallest absolute Gasteiger partial charge is 0.263 e. The molecule has 5 nitrogen and oxygen atoms in total. The normalized spacial score (nSPS) is 11.5. The molecule has 0 saturated carbocycles. The first-order valence-corrected chi connectivity index (χ1v) is 7.05. The lowest BCUT2D eigenvalue weighted by Gasteiger charge is -2.07. The molecule has 1 heterocycles. The summed E-state index contributed by atoms with van der Waals surface area (Å²) in [5.41, 5.74) is 0.103. The van der Waals surface area contributed by atoms with Gasteiger partial charge in [-0.1, -0.05) is 17.7 Å². The number of H-pyrrole nitrogens is 1. The number of sulfonamides is 1. The maximum absolute atomic E-state index is 13.6. The van der Waals surface area contributed by atoms with Gasteiger partial charge in [-0.25, -0.2) is 12.8 Å². The van der Waals surface area contributed by atoms with E-state index in [1.54, 1.807) is 0 Å². The number of nitrogens with one attached hydrogen (secondary N) is 2. The Morgan fingerprint density at radius 1 is 1.42 bits per heavy atom. The Balaban J connectivity index is 2.33. The number of rotatable bonds is 4. The molecule has 0 unspecified atom stereocenters. The van der Waals surface area contributed by atoms with Crippen LogP contribution in [0.15, 0.2) is 35.4 Å². The van der Waals surface area contributed by atoms with Crippen molar-refractivity contribution in [1.82, 2.24) is 4.98 Å². The van der Waals surface area contributed by atoms with Crippen molar-refractivity contribution in [2.75, 3.05) is 4.72 Å². The van der Waals surface area contributed by atoms with Crippen LogP contribution >= 0.6 is 11.6 Å². The molecule has 8 heteroatoms. The predicted molar refractivity (Wildman–Crippen MR) is 68.9 cm³/mol. The molecule has 0 saturated heterocycles. The molecule has 0 aliphatic carbocycles. The van der Waals surface area contributed by atoms with E-state index in [0.29, 0.717) is 5.69 Å². The summed E-state index contributed by atoms with van der Waals surface area (Å²) >= 11 is 5.57. The Morgan fingerprint density at radius 2 is 2.16 bits per heavy atom. The number of aromatic nitrogens is 1. The third-order valence-electron chi connectivity index (χ3n) is 2.39. The van der Waals surface area contributed by atoms with Crippen LogP contribution in [-0.2, 0) is 16.6 Å². The van der Waals surface area contributed by atoms with E-state index in [1.807, 2.05) is 0 Å². The average Bonchev–Trinajstić information content (AvgIpc) is 2.84. The van der Waals surface area contributed by atoms with E-state index in [1.165, 1.54) is 30.5 Å². The quantitative estimate of drug-likeness (QED) is 0.809. The van der Waals surface area contributed by atoms with Crippen LogP contribution in [0.4, 0.5) is 10.1 Å². The number of aromatic amines is 1. The molecule has 0 fully saturated rings. The van der Waals surface area contributed by atoms with Gasteiger partial charge in [-0.05, 0) is 18.2 Å². The Morgan fingerprint density at radius 3 is 2.79 bits per heavy atom. The molecule has 0 spiro atoms. The maximum Gasteiger partial charge on any atom is 0.263 e. The van der Waals surface area contributed by atoms with Crippen LogP contribution in [0.2, 0.25) is 5.02 Å². The fourth-order valence-corrected chi connectivity index (χ4v) is 2.70. The molecular formula is C11H10ClFN2O3S. The molecular weight excluding hydrogens is 295 g/mol. The summed E-state index contributed by atoms with van der Waals surface area (Å²) in [5.74, 6) is -0.842. The predicted octanol–water partition coefficient (Wildman–Crippen LogP) is 2.10. The van der Waals surface area contributed by atoms with Gasteiger partial charge in [-0.3, -0.25) is 4.72 Å². The summed E-state index contributed by atoms with van der Waals surface area (Å²) in [6.45, 7) is -0.318. The fourth-order valence-electron chi connectivity index (χ4n) is 1.45. The van der Waals surface area contributed by atoms with Crippen molar-refractivity contribution in [2.24, 2.45) is 0 Å². The molecule has 0 amide bonds. The first-order chi connectivity index (χ1) is 8.94. The zero-order valence-corrected chi connectivity index (χ0v) is 11.1. The SMILES string of the molecule is O=S(=O)(Nc1cccc(Cl)c1F)c1c[nH]c(CO)c1. The summed E-state index contributed by atoms with van der Waals surface area (Å²) in [6.07, 6.45) is 1.20. The van der Waals surface area contributed by atoms with Gasteiger partial charge in [0, 0.05) is 11.9 Å². The minimum atomic E-state index is -3.93. The Bertz CT molecular complexity index is 700. The standard InChI is InChI=1S/C11H10ClFN2O3S/c12-9-2-1-3-10(11(9)13)15-19(17,18)8-4-7(6-16)14-5-8/h1-5,14-16H,6H2. The average molecular weight is 305 g/mol.